The van der Waals surface area contributed by atoms with Gasteiger partial charge in [-0.15, -0.1) is 0 Å². The highest BCUT2D eigenvalue weighted by Crippen LogP contribution is 2.36. The Bertz CT molecular complexity index is 1140. The SMILES string of the molecule is CCOc1ccc(OCC)c(-c2cc(-c3cc(C)ccc3C)[nH]c(=O)c2C#N)c1. The second-order valence-corrected chi connectivity index (χ2v) is 6.75. The molecule has 0 amide bonds. The summed E-state index contributed by atoms with van der Waals surface area (Å²) in [5.41, 5.74) is 4.52. The Hall–Kier alpha value is -3.52. The smallest absolute Gasteiger partial charge is 0.266 e. The topological polar surface area (TPSA) is 75.1 Å². The molecule has 0 saturated heterocycles. The third-order valence-corrected chi connectivity index (χ3v) is 4.68. The number of benzene rings is 2. The molecule has 5 heteroatoms. The van der Waals surface area contributed by atoms with Crippen LogP contribution in [-0.2, 0) is 0 Å². The summed E-state index contributed by atoms with van der Waals surface area (Å²) in [5, 5.41) is 9.67. The highest BCUT2D eigenvalue weighted by molar-refractivity contribution is 5.80. The van der Waals surface area contributed by atoms with Crippen LogP contribution in [-0.4, -0.2) is 18.2 Å². The Morgan fingerprint density at radius 3 is 2.38 bits per heavy atom. The van der Waals surface area contributed by atoms with Crippen molar-refractivity contribution in [2.24, 2.45) is 0 Å². The van der Waals surface area contributed by atoms with Gasteiger partial charge in [-0.2, -0.15) is 5.26 Å². The number of ether oxygens (including phenoxy) is 2. The van der Waals surface area contributed by atoms with Gasteiger partial charge in [-0.25, -0.2) is 0 Å². The molecule has 148 valence electrons. The van der Waals surface area contributed by atoms with Crippen molar-refractivity contribution in [2.45, 2.75) is 27.7 Å². The average molecular weight is 388 g/mol. The van der Waals surface area contributed by atoms with E-state index in [1.54, 1.807) is 0 Å². The molecule has 3 rings (SSSR count). The fourth-order valence-electron chi connectivity index (χ4n) is 3.31. The molecule has 5 nitrogen and oxygen atoms in total. The fraction of sp³-hybridized carbons (Fsp3) is 0.250. The van der Waals surface area contributed by atoms with Gasteiger partial charge < -0.3 is 14.5 Å². The van der Waals surface area contributed by atoms with Crippen molar-refractivity contribution >= 4 is 0 Å². The largest absolute Gasteiger partial charge is 0.494 e. The van der Waals surface area contributed by atoms with Crippen LogP contribution in [0.5, 0.6) is 11.5 Å². The van der Waals surface area contributed by atoms with Gasteiger partial charge in [0.1, 0.15) is 23.1 Å². The molecule has 0 radical (unpaired) electrons. The Morgan fingerprint density at radius 1 is 0.931 bits per heavy atom. The maximum Gasteiger partial charge on any atom is 0.266 e. The number of aromatic amines is 1. The maximum absolute atomic E-state index is 12.8. The van der Waals surface area contributed by atoms with Gasteiger partial charge in [0.2, 0.25) is 0 Å². The molecule has 0 fully saturated rings. The third-order valence-electron chi connectivity index (χ3n) is 4.68. The van der Waals surface area contributed by atoms with Gasteiger partial charge in [-0.05, 0) is 63.6 Å². The van der Waals surface area contributed by atoms with E-state index in [9.17, 15) is 10.1 Å². The van der Waals surface area contributed by atoms with Gasteiger partial charge in [0, 0.05) is 22.4 Å². The van der Waals surface area contributed by atoms with Crippen LogP contribution in [0.15, 0.2) is 47.3 Å². The zero-order valence-corrected chi connectivity index (χ0v) is 17.1. The van der Waals surface area contributed by atoms with Gasteiger partial charge in [-0.1, -0.05) is 17.7 Å². The first-order valence-electron chi connectivity index (χ1n) is 9.63. The lowest BCUT2D eigenvalue weighted by Gasteiger charge is -2.15. The zero-order valence-electron chi connectivity index (χ0n) is 17.1. The molecule has 29 heavy (non-hydrogen) atoms. The molecule has 2 aromatic carbocycles. The zero-order chi connectivity index (χ0) is 21.0. The lowest BCUT2D eigenvalue weighted by Crippen LogP contribution is -2.13. The van der Waals surface area contributed by atoms with E-state index in [0.717, 1.165) is 16.7 Å². The molecular weight excluding hydrogens is 364 g/mol. The first kappa shape index (κ1) is 20.2. The highest BCUT2D eigenvalue weighted by Gasteiger charge is 2.18. The second kappa shape index (κ2) is 8.66. The van der Waals surface area contributed by atoms with Crippen LogP contribution in [0.4, 0.5) is 0 Å². The number of nitrogens with zero attached hydrogens (tertiary/aromatic N) is 1. The summed E-state index contributed by atoms with van der Waals surface area (Å²) >= 11 is 0. The van der Waals surface area contributed by atoms with Crippen LogP contribution in [0, 0.1) is 25.2 Å². The average Bonchev–Trinajstić information content (AvgIpc) is 2.70. The molecule has 0 aliphatic carbocycles. The van der Waals surface area contributed by atoms with Crippen molar-refractivity contribution in [3.05, 3.63) is 69.5 Å². The monoisotopic (exact) mass is 388 g/mol. The molecule has 1 aromatic heterocycles. The summed E-state index contributed by atoms with van der Waals surface area (Å²) in [6.45, 7) is 8.78. The summed E-state index contributed by atoms with van der Waals surface area (Å²) < 4.78 is 11.4. The standard InChI is InChI=1S/C24H24N2O3/c1-5-28-17-9-10-23(29-6-2)20(12-17)19-13-22(26-24(27)21(19)14-25)18-11-15(3)7-8-16(18)4/h7-13H,5-6H2,1-4H3,(H,26,27). The van der Waals surface area contributed by atoms with Crippen molar-refractivity contribution in [1.29, 1.82) is 5.26 Å². The normalized spacial score (nSPS) is 10.4. The minimum atomic E-state index is -0.426. The summed E-state index contributed by atoms with van der Waals surface area (Å²) in [6.07, 6.45) is 0. The Labute approximate surface area is 170 Å². The molecule has 3 aromatic rings. The molecule has 1 N–H and O–H groups in total. The second-order valence-electron chi connectivity index (χ2n) is 6.75. The number of aromatic nitrogens is 1. The third kappa shape index (κ3) is 4.17. The molecular formula is C24H24N2O3. The van der Waals surface area contributed by atoms with Crippen LogP contribution in [0.25, 0.3) is 22.4 Å². The predicted octanol–water partition coefficient (Wildman–Crippen LogP) is 4.99. The van der Waals surface area contributed by atoms with E-state index in [1.165, 1.54) is 0 Å². The molecule has 0 spiro atoms. The lowest BCUT2D eigenvalue weighted by molar-refractivity contribution is 0.331. The van der Waals surface area contributed by atoms with Crippen molar-refractivity contribution < 1.29 is 9.47 Å². The molecule has 0 saturated carbocycles. The number of hydrogen-bond acceptors (Lipinski definition) is 4. The minimum Gasteiger partial charge on any atom is -0.494 e. The van der Waals surface area contributed by atoms with E-state index in [-0.39, 0.29) is 5.56 Å². The molecule has 1 heterocycles. The van der Waals surface area contributed by atoms with E-state index < -0.39 is 5.56 Å². The van der Waals surface area contributed by atoms with Gasteiger partial charge in [0.25, 0.3) is 5.56 Å². The van der Waals surface area contributed by atoms with Gasteiger partial charge in [0.05, 0.1) is 13.2 Å². The summed E-state index contributed by atoms with van der Waals surface area (Å²) in [4.78, 5) is 15.6. The maximum atomic E-state index is 12.8. The number of hydrogen-bond donors (Lipinski definition) is 1. The van der Waals surface area contributed by atoms with E-state index in [4.69, 9.17) is 9.47 Å². The summed E-state index contributed by atoms with van der Waals surface area (Å²) in [6, 6.07) is 15.4. The Balaban J connectivity index is 2.30. The van der Waals surface area contributed by atoms with E-state index >= 15 is 0 Å². The molecule has 0 atom stereocenters. The van der Waals surface area contributed by atoms with Gasteiger partial charge in [-0.3, -0.25) is 4.79 Å². The van der Waals surface area contributed by atoms with Crippen molar-refractivity contribution in [2.75, 3.05) is 13.2 Å². The summed E-state index contributed by atoms with van der Waals surface area (Å²) in [7, 11) is 0. The Morgan fingerprint density at radius 2 is 1.69 bits per heavy atom. The number of pyridine rings is 1. The number of H-pyrrole nitrogens is 1. The predicted molar refractivity (Wildman–Crippen MR) is 114 cm³/mol. The van der Waals surface area contributed by atoms with Crippen LogP contribution in [0.3, 0.4) is 0 Å². The van der Waals surface area contributed by atoms with Crippen molar-refractivity contribution in [3.63, 3.8) is 0 Å². The first-order valence-corrected chi connectivity index (χ1v) is 9.63. The van der Waals surface area contributed by atoms with Crippen LogP contribution >= 0.6 is 0 Å². The fourth-order valence-corrected chi connectivity index (χ4v) is 3.31. The van der Waals surface area contributed by atoms with Crippen LogP contribution < -0.4 is 15.0 Å². The quantitative estimate of drug-likeness (QED) is 0.645. The molecule has 0 aliphatic rings. The van der Waals surface area contributed by atoms with Crippen molar-refractivity contribution in [1.82, 2.24) is 4.98 Å². The van der Waals surface area contributed by atoms with Crippen LogP contribution in [0.2, 0.25) is 0 Å². The number of nitrogens with one attached hydrogen (secondary N) is 1. The Kier molecular flexibility index (Phi) is 6.04. The van der Waals surface area contributed by atoms with Crippen LogP contribution in [0.1, 0.15) is 30.5 Å². The minimum absolute atomic E-state index is 0.0497. The molecule has 0 aliphatic heterocycles. The number of nitriles is 1. The summed E-state index contributed by atoms with van der Waals surface area (Å²) in [5.74, 6) is 1.26. The number of aryl methyl sites for hydroxylation is 2. The van der Waals surface area contributed by atoms with Crippen molar-refractivity contribution in [3.8, 4) is 40.0 Å². The van der Waals surface area contributed by atoms with E-state index in [2.05, 4.69) is 4.98 Å². The van der Waals surface area contributed by atoms with Gasteiger partial charge >= 0.3 is 0 Å². The van der Waals surface area contributed by atoms with Gasteiger partial charge in [0.15, 0.2) is 0 Å². The molecule has 0 unspecified atom stereocenters. The molecule has 0 bridgehead atoms. The van der Waals surface area contributed by atoms with E-state index in [0.29, 0.717) is 41.5 Å². The highest BCUT2D eigenvalue weighted by atomic mass is 16.5. The number of rotatable bonds is 6. The first-order chi connectivity index (χ1) is 14.0. The lowest BCUT2D eigenvalue weighted by atomic mass is 9.96. The van der Waals surface area contributed by atoms with E-state index in [1.807, 2.05) is 76.2 Å².